The molecule has 1 aromatic heterocycles. The summed E-state index contributed by atoms with van der Waals surface area (Å²) in [4.78, 5) is 1.30. The van der Waals surface area contributed by atoms with Gasteiger partial charge in [0.15, 0.2) is 0 Å². The Labute approximate surface area is 126 Å². The SMILES string of the molecule is CNC(c1cc(C)c(OC)cc1C)c1sccc1Br. The van der Waals surface area contributed by atoms with Crippen molar-refractivity contribution in [3.63, 3.8) is 0 Å². The first-order valence-corrected chi connectivity index (χ1v) is 7.81. The highest BCUT2D eigenvalue weighted by atomic mass is 79.9. The normalized spacial score (nSPS) is 12.5. The molecule has 1 unspecified atom stereocenters. The van der Waals surface area contributed by atoms with E-state index >= 15 is 0 Å². The van der Waals surface area contributed by atoms with E-state index in [0.717, 1.165) is 15.8 Å². The Bertz CT molecular complexity index is 580. The third-order valence-electron chi connectivity index (χ3n) is 3.29. The number of benzene rings is 1. The number of halogens is 1. The van der Waals surface area contributed by atoms with Crippen LogP contribution in [0.5, 0.6) is 5.75 Å². The van der Waals surface area contributed by atoms with Crippen LogP contribution in [-0.4, -0.2) is 14.2 Å². The molecule has 0 fully saturated rings. The van der Waals surface area contributed by atoms with Crippen LogP contribution < -0.4 is 10.1 Å². The third kappa shape index (κ3) is 2.86. The second-order valence-electron chi connectivity index (χ2n) is 4.53. The predicted octanol–water partition coefficient (Wildman–Crippen LogP) is 4.44. The van der Waals surface area contributed by atoms with E-state index in [2.05, 4.69) is 58.7 Å². The van der Waals surface area contributed by atoms with E-state index in [-0.39, 0.29) is 6.04 Å². The van der Waals surface area contributed by atoms with Crippen molar-refractivity contribution in [1.82, 2.24) is 5.32 Å². The molecule has 102 valence electrons. The molecule has 2 rings (SSSR count). The van der Waals surface area contributed by atoms with Gasteiger partial charge in [0, 0.05) is 9.35 Å². The van der Waals surface area contributed by atoms with E-state index in [4.69, 9.17) is 4.74 Å². The minimum absolute atomic E-state index is 0.207. The first-order chi connectivity index (χ1) is 9.08. The van der Waals surface area contributed by atoms with Gasteiger partial charge in [0.1, 0.15) is 5.75 Å². The van der Waals surface area contributed by atoms with Gasteiger partial charge in [0.25, 0.3) is 0 Å². The lowest BCUT2D eigenvalue weighted by Gasteiger charge is -2.20. The molecule has 0 aliphatic rings. The molecule has 1 N–H and O–H groups in total. The predicted molar refractivity (Wildman–Crippen MR) is 85.4 cm³/mol. The molecule has 1 aromatic carbocycles. The molecule has 0 radical (unpaired) electrons. The fourth-order valence-electron chi connectivity index (χ4n) is 2.28. The van der Waals surface area contributed by atoms with Crippen LogP contribution in [0.15, 0.2) is 28.1 Å². The van der Waals surface area contributed by atoms with Gasteiger partial charge in [0.05, 0.1) is 13.2 Å². The van der Waals surface area contributed by atoms with Crippen LogP contribution in [0.4, 0.5) is 0 Å². The minimum atomic E-state index is 0.207. The Kier molecular flexibility index (Phi) is 4.66. The lowest BCUT2D eigenvalue weighted by molar-refractivity contribution is 0.411. The van der Waals surface area contributed by atoms with E-state index in [1.54, 1.807) is 18.4 Å². The van der Waals surface area contributed by atoms with Crippen molar-refractivity contribution >= 4 is 27.3 Å². The summed E-state index contributed by atoms with van der Waals surface area (Å²) in [6.07, 6.45) is 0. The molecular weight excluding hydrogens is 322 g/mol. The van der Waals surface area contributed by atoms with Crippen LogP contribution in [0.25, 0.3) is 0 Å². The van der Waals surface area contributed by atoms with Crippen LogP contribution in [0, 0.1) is 13.8 Å². The van der Waals surface area contributed by atoms with Crippen molar-refractivity contribution in [1.29, 1.82) is 0 Å². The topological polar surface area (TPSA) is 21.3 Å². The number of hydrogen-bond acceptors (Lipinski definition) is 3. The summed E-state index contributed by atoms with van der Waals surface area (Å²) in [5.74, 6) is 0.946. The summed E-state index contributed by atoms with van der Waals surface area (Å²) in [7, 11) is 3.71. The van der Waals surface area contributed by atoms with Crippen LogP contribution in [0.3, 0.4) is 0 Å². The second-order valence-corrected chi connectivity index (χ2v) is 6.33. The number of aryl methyl sites for hydroxylation is 2. The standard InChI is InChI=1S/C15H18BrNOS/c1-9-8-13(18-4)10(2)7-11(9)14(17-3)15-12(16)5-6-19-15/h5-8,14,17H,1-4H3. The fourth-order valence-corrected chi connectivity index (χ4v) is 4.01. The fraction of sp³-hybridized carbons (Fsp3) is 0.333. The van der Waals surface area contributed by atoms with Crippen molar-refractivity contribution in [2.45, 2.75) is 19.9 Å². The first kappa shape index (κ1) is 14.6. The largest absolute Gasteiger partial charge is 0.496 e. The van der Waals surface area contributed by atoms with Crippen LogP contribution >= 0.6 is 27.3 Å². The summed E-state index contributed by atoms with van der Waals surface area (Å²) in [6, 6.07) is 6.62. The molecule has 2 aromatic rings. The number of hydrogen-bond donors (Lipinski definition) is 1. The average Bonchev–Trinajstić information content (AvgIpc) is 2.80. The lowest BCUT2D eigenvalue weighted by Crippen LogP contribution is -2.18. The Morgan fingerprint density at radius 2 is 2.00 bits per heavy atom. The smallest absolute Gasteiger partial charge is 0.122 e. The van der Waals surface area contributed by atoms with Crippen LogP contribution in [0.2, 0.25) is 0 Å². The second kappa shape index (κ2) is 6.07. The highest BCUT2D eigenvalue weighted by Crippen LogP contribution is 2.36. The zero-order valence-electron chi connectivity index (χ0n) is 11.6. The zero-order valence-corrected chi connectivity index (χ0v) is 14.0. The molecule has 0 saturated carbocycles. The molecular formula is C15H18BrNOS. The highest BCUT2D eigenvalue weighted by molar-refractivity contribution is 9.10. The monoisotopic (exact) mass is 339 g/mol. The Hall–Kier alpha value is -0.840. The van der Waals surface area contributed by atoms with E-state index in [0.29, 0.717) is 0 Å². The van der Waals surface area contributed by atoms with Gasteiger partial charge < -0.3 is 10.1 Å². The molecule has 1 atom stereocenters. The van der Waals surface area contributed by atoms with Crippen LogP contribution in [0.1, 0.15) is 27.6 Å². The Morgan fingerprint density at radius 1 is 1.26 bits per heavy atom. The van der Waals surface area contributed by atoms with Gasteiger partial charge in [-0.05, 0) is 71.0 Å². The molecule has 2 nitrogen and oxygen atoms in total. The maximum Gasteiger partial charge on any atom is 0.122 e. The molecule has 0 saturated heterocycles. The number of thiophene rings is 1. The molecule has 0 aliphatic carbocycles. The molecule has 1 heterocycles. The highest BCUT2D eigenvalue weighted by Gasteiger charge is 2.19. The van der Waals surface area contributed by atoms with Gasteiger partial charge in [-0.1, -0.05) is 6.07 Å². The van der Waals surface area contributed by atoms with Crippen molar-refractivity contribution in [3.8, 4) is 5.75 Å². The maximum atomic E-state index is 5.38. The van der Waals surface area contributed by atoms with Gasteiger partial charge in [-0.3, -0.25) is 0 Å². The maximum absolute atomic E-state index is 5.38. The summed E-state index contributed by atoms with van der Waals surface area (Å²) in [5.41, 5.74) is 3.70. The van der Waals surface area contributed by atoms with Gasteiger partial charge >= 0.3 is 0 Å². The molecule has 0 amide bonds. The molecule has 4 heteroatoms. The molecule has 19 heavy (non-hydrogen) atoms. The van der Waals surface area contributed by atoms with Gasteiger partial charge in [-0.15, -0.1) is 11.3 Å². The van der Waals surface area contributed by atoms with E-state index in [9.17, 15) is 0 Å². The van der Waals surface area contributed by atoms with E-state index in [1.807, 2.05) is 7.05 Å². The number of ether oxygens (including phenoxy) is 1. The number of nitrogens with one attached hydrogen (secondary N) is 1. The molecule has 0 bridgehead atoms. The van der Waals surface area contributed by atoms with Crippen LogP contribution in [-0.2, 0) is 0 Å². The molecule has 0 aliphatic heterocycles. The van der Waals surface area contributed by atoms with Gasteiger partial charge in [-0.2, -0.15) is 0 Å². The van der Waals surface area contributed by atoms with Crippen molar-refractivity contribution in [2.24, 2.45) is 0 Å². The van der Waals surface area contributed by atoms with E-state index in [1.165, 1.54) is 16.0 Å². The average molecular weight is 340 g/mol. The summed E-state index contributed by atoms with van der Waals surface area (Å²) in [5, 5.41) is 5.51. The summed E-state index contributed by atoms with van der Waals surface area (Å²) < 4.78 is 6.54. The van der Waals surface area contributed by atoms with Crippen molar-refractivity contribution in [2.75, 3.05) is 14.2 Å². The van der Waals surface area contributed by atoms with E-state index < -0.39 is 0 Å². The lowest BCUT2D eigenvalue weighted by atomic mass is 9.97. The zero-order chi connectivity index (χ0) is 14.0. The quantitative estimate of drug-likeness (QED) is 0.888. The first-order valence-electron chi connectivity index (χ1n) is 6.13. The van der Waals surface area contributed by atoms with Crippen molar-refractivity contribution in [3.05, 3.63) is 49.6 Å². The van der Waals surface area contributed by atoms with Gasteiger partial charge in [-0.25, -0.2) is 0 Å². The summed E-state index contributed by atoms with van der Waals surface area (Å²) in [6.45, 7) is 4.21. The Morgan fingerprint density at radius 3 is 2.53 bits per heavy atom. The number of rotatable bonds is 4. The number of methoxy groups -OCH3 is 1. The minimum Gasteiger partial charge on any atom is -0.496 e. The summed E-state index contributed by atoms with van der Waals surface area (Å²) >= 11 is 5.38. The van der Waals surface area contributed by atoms with Crippen molar-refractivity contribution < 1.29 is 4.74 Å². The Balaban J connectivity index is 2.50. The van der Waals surface area contributed by atoms with Gasteiger partial charge in [0.2, 0.25) is 0 Å². The molecule has 0 spiro atoms. The third-order valence-corrected chi connectivity index (χ3v) is 5.23.